The Bertz CT molecular complexity index is 499. The van der Waals surface area contributed by atoms with Crippen LogP contribution < -0.4 is 0 Å². The maximum absolute atomic E-state index is 10.7. The van der Waals surface area contributed by atoms with E-state index in [0.29, 0.717) is 17.1 Å². The zero-order valence-corrected chi connectivity index (χ0v) is 7.55. The van der Waals surface area contributed by atoms with Gasteiger partial charge in [-0.2, -0.15) is 0 Å². The van der Waals surface area contributed by atoms with Crippen LogP contribution in [0.3, 0.4) is 0 Å². The van der Waals surface area contributed by atoms with Crippen LogP contribution in [0.2, 0.25) is 0 Å². The van der Waals surface area contributed by atoms with Gasteiger partial charge in [0, 0.05) is 12.1 Å². The summed E-state index contributed by atoms with van der Waals surface area (Å²) in [6.07, 6.45) is 5.11. The fraction of sp³-hybridized carbons (Fsp3) is 0.300. The normalized spacial score (nSPS) is 16.0. The molecule has 1 saturated carbocycles. The lowest BCUT2D eigenvalue weighted by atomic mass is 10.3. The van der Waals surface area contributed by atoms with Gasteiger partial charge in [0.2, 0.25) is 0 Å². The number of nitrogens with zero attached hydrogens (tertiary/aromatic N) is 3. The summed E-state index contributed by atoms with van der Waals surface area (Å²) in [5, 5.41) is 8.15. The topological polar surface area (TPSA) is 47.3 Å². The molecule has 2 aromatic rings. The number of carbonyl (C=O) groups excluding carboxylic acids is 1. The molecule has 4 nitrogen and oxygen atoms in total. The monoisotopic (exact) mass is 187 g/mol. The molecule has 1 fully saturated rings. The predicted molar refractivity (Wildman–Crippen MR) is 50.3 cm³/mol. The number of aromatic nitrogens is 3. The minimum atomic E-state index is 0.548. The molecule has 14 heavy (non-hydrogen) atoms. The van der Waals surface area contributed by atoms with Gasteiger partial charge in [-0.1, -0.05) is 0 Å². The van der Waals surface area contributed by atoms with Gasteiger partial charge in [-0.05, 0) is 25.0 Å². The third kappa shape index (κ3) is 0.968. The first-order chi connectivity index (χ1) is 6.90. The highest BCUT2D eigenvalue weighted by molar-refractivity contribution is 5.83. The highest BCUT2D eigenvalue weighted by Crippen LogP contribution is 2.38. The van der Waals surface area contributed by atoms with E-state index in [4.69, 9.17) is 0 Å². The molecule has 0 bridgehead atoms. The second kappa shape index (κ2) is 2.64. The van der Waals surface area contributed by atoms with E-state index in [-0.39, 0.29) is 0 Å². The molecule has 2 aromatic heterocycles. The van der Waals surface area contributed by atoms with Crippen molar-refractivity contribution >= 4 is 11.9 Å². The molecule has 2 heterocycles. The molecule has 0 aliphatic heterocycles. The number of rotatable bonds is 2. The maximum atomic E-state index is 10.7. The van der Waals surface area contributed by atoms with Crippen molar-refractivity contribution in [3.05, 3.63) is 29.7 Å². The van der Waals surface area contributed by atoms with Gasteiger partial charge in [0.25, 0.3) is 0 Å². The van der Waals surface area contributed by atoms with E-state index in [0.717, 1.165) is 12.1 Å². The Morgan fingerprint density at radius 1 is 1.43 bits per heavy atom. The summed E-state index contributed by atoms with van der Waals surface area (Å²) >= 11 is 0. The van der Waals surface area contributed by atoms with Crippen LogP contribution in [-0.2, 0) is 0 Å². The summed E-state index contributed by atoms with van der Waals surface area (Å²) in [5.74, 6) is 1.54. The van der Waals surface area contributed by atoms with Crippen LogP contribution in [0, 0.1) is 0 Å². The molecule has 0 atom stereocenters. The summed E-state index contributed by atoms with van der Waals surface area (Å²) in [5.41, 5.74) is 1.27. The van der Waals surface area contributed by atoms with Crippen molar-refractivity contribution in [2.45, 2.75) is 18.8 Å². The maximum Gasteiger partial charge on any atom is 0.171 e. The van der Waals surface area contributed by atoms with Gasteiger partial charge in [0.1, 0.15) is 5.82 Å². The van der Waals surface area contributed by atoms with E-state index >= 15 is 0 Å². The first-order valence-corrected chi connectivity index (χ1v) is 4.69. The van der Waals surface area contributed by atoms with Crippen molar-refractivity contribution < 1.29 is 4.79 Å². The minimum absolute atomic E-state index is 0.548. The van der Waals surface area contributed by atoms with Crippen molar-refractivity contribution in [3.8, 4) is 0 Å². The molecule has 70 valence electrons. The highest BCUT2D eigenvalue weighted by Gasteiger charge is 2.28. The molecule has 0 unspecified atom stereocenters. The van der Waals surface area contributed by atoms with Crippen LogP contribution in [0.1, 0.15) is 34.9 Å². The summed E-state index contributed by atoms with van der Waals surface area (Å²) in [7, 11) is 0. The molecule has 4 heteroatoms. The fourth-order valence-corrected chi connectivity index (χ4v) is 1.67. The van der Waals surface area contributed by atoms with Crippen LogP contribution in [-0.4, -0.2) is 20.9 Å². The van der Waals surface area contributed by atoms with Crippen LogP contribution >= 0.6 is 0 Å². The molecule has 0 radical (unpaired) electrons. The first kappa shape index (κ1) is 7.67. The Kier molecular flexibility index (Phi) is 1.45. The molecule has 3 rings (SSSR count). The van der Waals surface area contributed by atoms with Crippen LogP contribution in [0.15, 0.2) is 18.3 Å². The van der Waals surface area contributed by atoms with Crippen molar-refractivity contribution in [2.75, 3.05) is 0 Å². The number of hydrogen-bond donors (Lipinski definition) is 0. The van der Waals surface area contributed by atoms with Crippen LogP contribution in [0.5, 0.6) is 0 Å². The van der Waals surface area contributed by atoms with E-state index in [1.165, 1.54) is 12.8 Å². The molecule has 0 saturated heterocycles. The fourth-order valence-electron chi connectivity index (χ4n) is 1.67. The first-order valence-electron chi connectivity index (χ1n) is 4.69. The Labute approximate surface area is 80.6 Å². The molecular formula is C10H9N3O. The van der Waals surface area contributed by atoms with Gasteiger partial charge in [-0.3, -0.25) is 9.20 Å². The van der Waals surface area contributed by atoms with Crippen molar-refractivity contribution in [1.29, 1.82) is 0 Å². The molecule has 0 spiro atoms. The lowest BCUT2D eigenvalue weighted by molar-refractivity contribution is 0.112. The zero-order chi connectivity index (χ0) is 9.54. The van der Waals surface area contributed by atoms with Crippen LogP contribution in [0.4, 0.5) is 0 Å². The molecular weight excluding hydrogens is 178 g/mol. The molecule has 0 aromatic carbocycles. The number of hydrogen-bond acceptors (Lipinski definition) is 3. The summed E-state index contributed by atoms with van der Waals surface area (Å²) in [6.45, 7) is 0. The van der Waals surface area contributed by atoms with E-state index < -0.39 is 0 Å². The molecule has 0 amide bonds. The number of fused-ring (bicyclic) bond motifs is 1. The molecule has 0 N–H and O–H groups in total. The largest absolute Gasteiger partial charge is 0.298 e. The predicted octanol–water partition coefficient (Wildman–Crippen LogP) is 1.42. The minimum Gasteiger partial charge on any atom is -0.298 e. The van der Waals surface area contributed by atoms with Gasteiger partial charge >= 0.3 is 0 Å². The summed E-state index contributed by atoms with van der Waals surface area (Å²) in [6, 6.07) is 3.61. The average Bonchev–Trinajstić information content (AvgIpc) is 2.97. The Morgan fingerprint density at radius 2 is 2.29 bits per heavy atom. The van der Waals surface area contributed by atoms with E-state index in [1.54, 1.807) is 6.07 Å². The SMILES string of the molecule is O=Cc1cccn2c(C3CC3)nnc12. The van der Waals surface area contributed by atoms with Gasteiger partial charge in [0.05, 0.1) is 5.56 Å². The average molecular weight is 187 g/mol. The molecule has 1 aliphatic carbocycles. The zero-order valence-electron chi connectivity index (χ0n) is 7.55. The molecule has 1 aliphatic rings. The van der Waals surface area contributed by atoms with Gasteiger partial charge in [-0.25, -0.2) is 0 Å². The van der Waals surface area contributed by atoms with Gasteiger partial charge in [0.15, 0.2) is 11.9 Å². The second-order valence-electron chi connectivity index (χ2n) is 3.61. The Balaban J connectivity index is 2.30. The Hall–Kier alpha value is -1.71. The van der Waals surface area contributed by atoms with E-state index in [1.807, 2.05) is 16.7 Å². The van der Waals surface area contributed by atoms with E-state index in [9.17, 15) is 4.79 Å². The summed E-state index contributed by atoms with van der Waals surface area (Å²) in [4.78, 5) is 10.7. The highest BCUT2D eigenvalue weighted by atomic mass is 16.1. The number of pyridine rings is 1. The van der Waals surface area contributed by atoms with Crippen molar-refractivity contribution in [2.24, 2.45) is 0 Å². The summed E-state index contributed by atoms with van der Waals surface area (Å²) < 4.78 is 1.92. The van der Waals surface area contributed by atoms with Crippen molar-refractivity contribution in [1.82, 2.24) is 14.6 Å². The van der Waals surface area contributed by atoms with Crippen LogP contribution in [0.25, 0.3) is 5.65 Å². The third-order valence-electron chi connectivity index (χ3n) is 2.56. The lowest BCUT2D eigenvalue weighted by Gasteiger charge is -1.97. The smallest absolute Gasteiger partial charge is 0.171 e. The lowest BCUT2D eigenvalue weighted by Crippen LogP contribution is -1.93. The number of carbonyl (C=O) groups is 1. The van der Waals surface area contributed by atoms with E-state index in [2.05, 4.69) is 10.2 Å². The number of aldehydes is 1. The van der Waals surface area contributed by atoms with Gasteiger partial charge < -0.3 is 0 Å². The second-order valence-corrected chi connectivity index (χ2v) is 3.61. The van der Waals surface area contributed by atoms with Crippen molar-refractivity contribution in [3.63, 3.8) is 0 Å². The Morgan fingerprint density at radius 3 is 3.00 bits per heavy atom. The standard InChI is InChI=1S/C10H9N3O/c14-6-8-2-1-5-13-9(7-3-4-7)11-12-10(8)13/h1-2,5-7H,3-4H2. The third-order valence-corrected chi connectivity index (χ3v) is 2.56. The van der Waals surface area contributed by atoms with Gasteiger partial charge in [-0.15, -0.1) is 10.2 Å². The quantitative estimate of drug-likeness (QED) is 0.668.